The summed E-state index contributed by atoms with van der Waals surface area (Å²) in [6.07, 6.45) is 0. The highest BCUT2D eigenvalue weighted by atomic mass is 16.2. The Labute approximate surface area is 137 Å². The molecule has 1 heterocycles. The molecule has 0 radical (unpaired) electrons. The zero-order chi connectivity index (χ0) is 16.1. The van der Waals surface area contributed by atoms with E-state index < -0.39 is 0 Å². The maximum absolute atomic E-state index is 12.4. The molecule has 3 rings (SSSR count). The molecular formula is C19H23N3O. The molecule has 0 atom stereocenters. The number of nitrogens with one attached hydrogen (secondary N) is 1. The first-order valence-corrected chi connectivity index (χ1v) is 8.07. The number of benzene rings is 2. The Hall–Kier alpha value is -2.17. The van der Waals surface area contributed by atoms with Crippen LogP contribution in [0.25, 0.3) is 11.1 Å². The van der Waals surface area contributed by atoms with Crippen molar-refractivity contribution in [3.05, 3.63) is 54.6 Å². The minimum atomic E-state index is 0.0536. The number of rotatable bonds is 4. The third kappa shape index (κ3) is 4.18. The lowest BCUT2D eigenvalue weighted by atomic mass is 10.0. The summed E-state index contributed by atoms with van der Waals surface area (Å²) in [7, 11) is 2.12. The van der Waals surface area contributed by atoms with Gasteiger partial charge in [0.15, 0.2) is 0 Å². The molecule has 0 saturated carbocycles. The van der Waals surface area contributed by atoms with Gasteiger partial charge in [-0.3, -0.25) is 9.69 Å². The number of carbonyl (C=O) groups excluding carboxylic acids is 1. The molecule has 1 aliphatic heterocycles. The maximum Gasteiger partial charge on any atom is 0.238 e. The topological polar surface area (TPSA) is 35.6 Å². The van der Waals surface area contributed by atoms with Gasteiger partial charge in [-0.25, -0.2) is 0 Å². The molecule has 0 aliphatic carbocycles. The predicted octanol–water partition coefficient (Wildman–Crippen LogP) is 2.54. The fourth-order valence-electron chi connectivity index (χ4n) is 2.86. The van der Waals surface area contributed by atoms with Crippen molar-refractivity contribution in [1.29, 1.82) is 0 Å². The lowest BCUT2D eigenvalue weighted by Gasteiger charge is -2.31. The fraction of sp³-hybridized carbons (Fsp3) is 0.316. The number of likely N-dealkylation sites (N-methyl/N-ethyl adjacent to an activating group) is 1. The van der Waals surface area contributed by atoms with Gasteiger partial charge >= 0.3 is 0 Å². The highest BCUT2D eigenvalue weighted by Crippen LogP contribution is 2.27. The van der Waals surface area contributed by atoms with Gasteiger partial charge in [0.2, 0.25) is 5.91 Å². The molecule has 0 bridgehead atoms. The Morgan fingerprint density at radius 1 is 0.957 bits per heavy atom. The zero-order valence-electron chi connectivity index (χ0n) is 13.5. The molecule has 23 heavy (non-hydrogen) atoms. The second-order valence-electron chi connectivity index (χ2n) is 6.04. The molecular weight excluding hydrogens is 286 g/mol. The first-order chi connectivity index (χ1) is 11.2. The maximum atomic E-state index is 12.4. The summed E-state index contributed by atoms with van der Waals surface area (Å²) in [5.41, 5.74) is 3.04. The highest BCUT2D eigenvalue weighted by molar-refractivity contribution is 5.96. The Kier molecular flexibility index (Phi) is 5.05. The van der Waals surface area contributed by atoms with Gasteiger partial charge in [-0.1, -0.05) is 48.5 Å². The van der Waals surface area contributed by atoms with Crippen LogP contribution in [-0.4, -0.2) is 55.5 Å². The second-order valence-corrected chi connectivity index (χ2v) is 6.04. The molecule has 0 unspecified atom stereocenters. The Morgan fingerprint density at radius 2 is 1.61 bits per heavy atom. The van der Waals surface area contributed by atoms with Gasteiger partial charge in [0.05, 0.1) is 6.54 Å². The molecule has 2 aromatic rings. The monoisotopic (exact) mass is 309 g/mol. The predicted molar refractivity (Wildman–Crippen MR) is 94.4 cm³/mol. The number of amides is 1. The van der Waals surface area contributed by atoms with Crippen LogP contribution in [0.5, 0.6) is 0 Å². The number of carbonyl (C=O) groups is 1. The number of anilines is 1. The van der Waals surface area contributed by atoms with E-state index in [2.05, 4.69) is 34.3 Å². The fourth-order valence-corrected chi connectivity index (χ4v) is 2.86. The van der Waals surface area contributed by atoms with E-state index in [0.29, 0.717) is 6.54 Å². The van der Waals surface area contributed by atoms with Gasteiger partial charge in [0, 0.05) is 37.4 Å². The smallest absolute Gasteiger partial charge is 0.238 e. The lowest BCUT2D eigenvalue weighted by Crippen LogP contribution is -2.47. The minimum absolute atomic E-state index is 0.0536. The first-order valence-electron chi connectivity index (χ1n) is 8.07. The van der Waals surface area contributed by atoms with E-state index in [1.54, 1.807) is 0 Å². The van der Waals surface area contributed by atoms with Gasteiger partial charge in [-0.2, -0.15) is 0 Å². The van der Waals surface area contributed by atoms with E-state index in [1.165, 1.54) is 0 Å². The highest BCUT2D eigenvalue weighted by Gasteiger charge is 2.17. The molecule has 0 aromatic heterocycles. The normalized spacial score (nSPS) is 16.2. The van der Waals surface area contributed by atoms with E-state index in [1.807, 2.05) is 42.5 Å². The molecule has 1 saturated heterocycles. The summed E-state index contributed by atoms with van der Waals surface area (Å²) in [6, 6.07) is 18.1. The van der Waals surface area contributed by atoms with E-state index in [-0.39, 0.29) is 5.91 Å². The van der Waals surface area contributed by atoms with Crippen LogP contribution in [0.4, 0.5) is 5.69 Å². The Morgan fingerprint density at radius 3 is 2.35 bits per heavy atom. The quantitative estimate of drug-likeness (QED) is 0.943. The van der Waals surface area contributed by atoms with Crippen molar-refractivity contribution >= 4 is 11.6 Å². The molecule has 1 aliphatic rings. The second kappa shape index (κ2) is 7.40. The van der Waals surface area contributed by atoms with Crippen molar-refractivity contribution in [3.8, 4) is 11.1 Å². The van der Waals surface area contributed by atoms with Crippen LogP contribution < -0.4 is 5.32 Å². The van der Waals surface area contributed by atoms with Crippen molar-refractivity contribution in [3.63, 3.8) is 0 Å². The molecule has 4 nitrogen and oxygen atoms in total. The van der Waals surface area contributed by atoms with Gasteiger partial charge in [-0.05, 0) is 18.7 Å². The zero-order valence-corrected chi connectivity index (χ0v) is 13.5. The van der Waals surface area contributed by atoms with Crippen LogP contribution in [0.3, 0.4) is 0 Å². The van der Waals surface area contributed by atoms with Crippen LogP contribution in [0.1, 0.15) is 0 Å². The van der Waals surface area contributed by atoms with Crippen molar-refractivity contribution in [1.82, 2.24) is 9.80 Å². The molecule has 1 fully saturated rings. The lowest BCUT2D eigenvalue weighted by molar-refractivity contribution is -0.117. The largest absolute Gasteiger partial charge is 0.324 e. The minimum Gasteiger partial charge on any atom is -0.324 e. The molecule has 0 spiro atoms. The molecule has 1 amide bonds. The summed E-state index contributed by atoms with van der Waals surface area (Å²) in [5.74, 6) is 0.0536. The van der Waals surface area contributed by atoms with Crippen LogP contribution in [-0.2, 0) is 4.79 Å². The first kappa shape index (κ1) is 15.7. The van der Waals surface area contributed by atoms with Crippen LogP contribution >= 0.6 is 0 Å². The number of hydrogen-bond donors (Lipinski definition) is 1. The number of piperazine rings is 1. The van der Waals surface area contributed by atoms with E-state index in [4.69, 9.17) is 0 Å². The molecule has 4 heteroatoms. The molecule has 1 N–H and O–H groups in total. The third-order valence-electron chi connectivity index (χ3n) is 4.25. The van der Waals surface area contributed by atoms with Gasteiger partial charge in [0.1, 0.15) is 0 Å². The van der Waals surface area contributed by atoms with Crippen LogP contribution in [0, 0.1) is 0 Å². The van der Waals surface area contributed by atoms with Crippen LogP contribution in [0.15, 0.2) is 54.6 Å². The average molecular weight is 309 g/mol. The standard InChI is InChI=1S/C19H23N3O/c1-21-11-13-22(14-12-21)15-19(23)20-18-10-6-5-9-17(18)16-7-3-2-4-8-16/h2-10H,11-15H2,1H3,(H,20,23). The van der Waals surface area contributed by atoms with E-state index in [0.717, 1.165) is 43.0 Å². The summed E-state index contributed by atoms with van der Waals surface area (Å²) in [6.45, 7) is 4.40. The Balaban J connectivity index is 1.67. The van der Waals surface area contributed by atoms with Gasteiger partial charge in [-0.15, -0.1) is 0 Å². The van der Waals surface area contributed by atoms with Crippen molar-refractivity contribution in [2.24, 2.45) is 0 Å². The summed E-state index contributed by atoms with van der Waals surface area (Å²) in [5, 5.41) is 3.07. The Bertz CT molecular complexity index is 649. The number of para-hydroxylation sites is 1. The molecule has 2 aromatic carbocycles. The third-order valence-corrected chi connectivity index (χ3v) is 4.25. The van der Waals surface area contributed by atoms with E-state index >= 15 is 0 Å². The van der Waals surface area contributed by atoms with Crippen molar-refractivity contribution in [2.75, 3.05) is 45.1 Å². The van der Waals surface area contributed by atoms with Crippen LogP contribution in [0.2, 0.25) is 0 Å². The van der Waals surface area contributed by atoms with E-state index in [9.17, 15) is 4.79 Å². The van der Waals surface area contributed by atoms with Crippen molar-refractivity contribution < 1.29 is 4.79 Å². The average Bonchev–Trinajstić information content (AvgIpc) is 2.58. The number of hydrogen-bond acceptors (Lipinski definition) is 3. The SMILES string of the molecule is CN1CCN(CC(=O)Nc2ccccc2-c2ccccc2)CC1. The summed E-state index contributed by atoms with van der Waals surface area (Å²) >= 11 is 0. The summed E-state index contributed by atoms with van der Waals surface area (Å²) < 4.78 is 0. The van der Waals surface area contributed by atoms with Gasteiger partial charge in [0.25, 0.3) is 0 Å². The molecule has 120 valence electrons. The number of nitrogens with zero attached hydrogens (tertiary/aromatic N) is 2. The van der Waals surface area contributed by atoms with Crippen molar-refractivity contribution in [2.45, 2.75) is 0 Å². The summed E-state index contributed by atoms with van der Waals surface area (Å²) in [4.78, 5) is 16.9. The van der Waals surface area contributed by atoms with Gasteiger partial charge < -0.3 is 10.2 Å².